The molecule has 130 valence electrons. The summed E-state index contributed by atoms with van der Waals surface area (Å²) in [6.07, 6.45) is 3.31. The number of hydrazone groups is 1. The van der Waals surface area contributed by atoms with Crippen LogP contribution in [0.25, 0.3) is 0 Å². The molecule has 1 atom stereocenters. The molecule has 1 aliphatic rings. The molecule has 0 spiro atoms. The molecule has 8 heteroatoms. The van der Waals surface area contributed by atoms with Crippen LogP contribution in [0.3, 0.4) is 0 Å². The Morgan fingerprint density at radius 1 is 1.15 bits per heavy atom. The molecule has 1 aliphatic heterocycles. The number of non-ortho nitro benzene ring substituents is 1. The number of nitro benzene ring substituents is 1. The number of carbonyl (C=O) groups excluding carboxylic acids is 1. The van der Waals surface area contributed by atoms with E-state index < -0.39 is 16.9 Å². The number of hydrogen-bond donors (Lipinski definition) is 0. The van der Waals surface area contributed by atoms with Gasteiger partial charge in [0.25, 0.3) is 5.69 Å². The number of amides is 1. The van der Waals surface area contributed by atoms with E-state index in [9.17, 15) is 14.9 Å². The Morgan fingerprint density at radius 3 is 2.65 bits per heavy atom. The lowest BCUT2D eigenvalue weighted by atomic mass is 10.00. The first-order valence-electron chi connectivity index (χ1n) is 7.86. The molecule has 1 aromatic carbocycles. The van der Waals surface area contributed by atoms with E-state index in [0.717, 1.165) is 0 Å². The van der Waals surface area contributed by atoms with Gasteiger partial charge in [-0.15, -0.1) is 0 Å². The van der Waals surface area contributed by atoms with E-state index in [1.165, 1.54) is 29.7 Å². The maximum absolute atomic E-state index is 12.8. The van der Waals surface area contributed by atoms with Gasteiger partial charge in [-0.1, -0.05) is 12.1 Å². The minimum absolute atomic E-state index is 0.0423. The molecule has 0 aliphatic carbocycles. The number of furan rings is 2. The van der Waals surface area contributed by atoms with E-state index >= 15 is 0 Å². The Labute approximate surface area is 147 Å². The van der Waals surface area contributed by atoms with Gasteiger partial charge in [-0.05, 0) is 29.8 Å². The van der Waals surface area contributed by atoms with Gasteiger partial charge in [0.05, 0.1) is 23.5 Å². The van der Waals surface area contributed by atoms with E-state index in [0.29, 0.717) is 23.5 Å². The standard InChI is InChI=1S/C18H13N3O5/c22-18(17-7-3-9-26-17)20-15(11-14(19-20)16-6-2-8-25-16)12-4-1-5-13(10-12)21(23)24/h1-10,15H,11H2/t15-/m1/s1. The molecular weight excluding hydrogens is 338 g/mol. The van der Waals surface area contributed by atoms with Gasteiger partial charge in [0.15, 0.2) is 5.76 Å². The summed E-state index contributed by atoms with van der Waals surface area (Å²) < 4.78 is 10.6. The number of benzene rings is 1. The van der Waals surface area contributed by atoms with Gasteiger partial charge >= 0.3 is 5.91 Å². The van der Waals surface area contributed by atoms with Crippen LogP contribution in [0, 0.1) is 10.1 Å². The summed E-state index contributed by atoms with van der Waals surface area (Å²) in [5, 5.41) is 16.8. The Morgan fingerprint density at radius 2 is 1.96 bits per heavy atom. The third-order valence-electron chi connectivity index (χ3n) is 4.12. The van der Waals surface area contributed by atoms with Gasteiger partial charge in [0.2, 0.25) is 0 Å². The second kappa shape index (κ2) is 6.32. The number of hydrogen-bond acceptors (Lipinski definition) is 6. The second-order valence-electron chi connectivity index (χ2n) is 5.72. The molecule has 0 N–H and O–H groups in total. The first-order chi connectivity index (χ1) is 12.6. The fourth-order valence-corrected chi connectivity index (χ4v) is 2.91. The van der Waals surface area contributed by atoms with Crippen molar-refractivity contribution in [1.29, 1.82) is 0 Å². The van der Waals surface area contributed by atoms with Crippen molar-refractivity contribution in [3.63, 3.8) is 0 Å². The normalized spacial score (nSPS) is 16.5. The summed E-state index contributed by atoms with van der Waals surface area (Å²) >= 11 is 0. The van der Waals surface area contributed by atoms with Crippen LogP contribution in [0.4, 0.5) is 5.69 Å². The zero-order chi connectivity index (χ0) is 18.1. The quantitative estimate of drug-likeness (QED) is 0.526. The van der Waals surface area contributed by atoms with Crippen molar-refractivity contribution in [2.24, 2.45) is 5.10 Å². The smallest absolute Gasteiger partial charge is 0.310 e. The molecular formula is C18H13N3O5. The maximum atomic E-state index is 12.8. The van der Waals surface area contributed by atoms with E-state index in [1.54, 1.807) is 36.4 Å². The zero-order valence-electron chi connectivity index (χ0n) is 13.4. The Kier molecular flexibility index (Phi) is 3.85. The van der Waals surface area contributed by atoms with Crippen LogP contribution >= 0.6 is 0 Å². The first-order valence-corrected chi connectivity index (χ1v) is 7.86. The SMILES string of the molecule is O=C(c1ccco1)N1N=C(c2ccco2)C[C@@H]1c1cccc([N+](=O)[O-])c1. The Hall–Kier alpha value is -3.68. The van der Waals surface area contributed by atoms with Crippen LogP contribution in [0.2, 0.25) is 0 Å². The van der Waals surface area contributed by atoms with Crippen LogP contribution in [0.15, 0.2) is 75.0 Å². The molecule has 3 aromatic rings. The predicted octanol–water partition coefficient (Wildman–Crippen LogP) is 3.77. The predicted molar refractivity (Wildman–Crippen MR) is 90.6 cm³/mol. The van der Waals surface area contributed by atoms with Gasteiger partial charge in [-0.2, -0.15) is 5.10 Å². The topological polar surface area (TPSA) is 102 Å². The molecule has 26 heavy (non-hydrogen) atoms. The van der Waals surface area contributed by atoms with Crippen molar-refractivity contribution in [3.8, 4) is 0 Å². The number of rotatable bonds is 4. The lowest BCUT2D eigenvalue weighted by Crippen LogP contribution is -2.26. The fraction of sp³-hybridized carbons (Fsp3) is 0.111. The van der Waals surface area contributed by atoms with Gasteiger partial charge in [-0.3, -0.25) is 14.9 Å². The fourth-order valence-electron chi connectivity index (χ4n) is 2.91. The molecule has 0 saturated heterocycles. The van der Waals surface area contributed by atoms with Gasteiger partial charge in [0.1, 0.15) is 11.5 Å². The van der Waals surface area contributed by atoms with Crippen molar-refractivity contribution in [2.45, 2.75) is 12.5 Å². The number of carbonyl (C=O) groups is 1. The van der Waals surface area contributed by atoms with E-state index in [1.807, 2.05) is 0 Å². The summed E-state index contributed by atoms with van der Waals surface area (Å²) in [6, 6.07) is 12.3. The van der Waals surface area contributed by atoms with Gasteiger partial charge in [-0.25, -0.2) is 5.01 Å². The Bertz CT molecular complexity index is 976. The molecule has 8 nitrogen and oxygen atoms in total. The highest BCUT2D eigenvalue weighted by Gasteiger charge is 2.36. The van der Waals surface area contributed by atoms with Crippen LogP contribution in [-0.2, 0) is 0 Å². The van der Waals surface area contributed by atoms with E-state index in [4.69, 9.17) is 8.83 Å². The van der Waals surface area contributed by atoms with Crippen molar-refractivity contribution in [3.05, 3.63) is 88.3 Å². The number of nitro groups is 1. The maximum Gasteiger partial charge on any atom is 0.310 e. The number of nitrogens with zero attached hydrogens (tertiary/aromatic N) is 3. The average molecular weight is 351 g/mol. The molecule has 3 heterocycles. The van der Waals surface area contributed by atoms with Crippen molar-refractivity contribution in [2.75, 3.05) is 0 Å². The van der Waals surface area contributed by atoms with Gasteiger partial charge in [0, 0.05) is 18.6 Å². The summed E-state index contributed by atoms with van der Waals surface area (Å²) in [6.45, 7) is 0. The largest absolute Gasteiger partial charge is 0.463 e. The molecule has 1 amide bonds. The molecule has 0 radical (unpaired) electrons. The lowest BCUT2D eigenvalue weighted by Gasteiger charge is -2.20. The third kappa shape index (κ3) is 2.77. The molecule has 2 aromatic heterocycles. The van der Waals surface area contributed by atoms with E-state index in [-0.39, 0.29) is 11.4 Å². The minimum Gasteiger partial charge on any atom is -0.463 e. The van der Waals surface area contributed by atoms with E-state index in [2.05, 4.69) is 5.10 Å². The van der Waals surface area contributed by atoms with Crippen molar-refractivity contribution in [1.82, 2.24) is 5.01 Å². The third-order valence-corrected chi connectivity index (χ3v) is 4.12. The Balaban J connectivity index is 1.74. The molecule has 4 rings (SSSR count). The van der Waals surface area contributed by atoms with Crippen molar-refractivity contribution >= 4 is 17.3 Å². The molecule has 0 bridgehead atoms. The van der Waals surface area contributed by atoms with Crippen LogP contribution in [-0.4, -0.2) is 21.6 Å². The van der Waals surface area contributed by atoms with Crippen LogP contribution in [0.1, 0.15) is 34.3 Å². The monoisotopic (exact) mass is 351 g/mol. The summed E-state index contributed by atoms with van der Waals surface area (Å²) in [5.74, 6) is 0.271. The first kappa shape index (κ1) is 15.8. The lowest BCUT2D eigenvalue weighted by molar-refractivity contribution is -0.384. The highest BCUT2D eigenvalue weighted by Crippen LogP contribution is 2.35. The highest BCUT2D eigenvalue weighted by molar-refractivity contribution is 6.02. The summed E-state index contributed by atoms with van der Waals surface area (Å²) in [7, 11) is 0. The summed E-state index contributed by atoms with van der Waals surface area (Å²) in [4.78, 5) is 23.4. The molecule has 0 unspecified atom stereocenters. The molecule has 0 fully saturated rings. The van der Waals surface area contributed by atoms with Gasteiger partial charge < -0.3 is 8.83 Å². The zero-order valence-corrected chi connectivity index (χ0v) is 13.4. The highest BCUT2D eigenvalue weighted by atomic mass is 16.6. The average Bonchev–Trinajstić information content (AvgIpc) is 3.42. The minimum atomic E-state index is -0.493. The second-order valence-corrected chi connectivity index (χ2v) is 5.72. The van der Waals surface area contributed by atoms with Crippen LogP contribution < -0.4 is 0 Å². The van der Waals surface area contributed by atoms with Crippen molar-refractivity contribution < 1.29 is 18.6 Å². The van der Waals surface area contributed by atoms with Crippen LogP contribution in [0.5, 0.6) is 0 Å². The molecule has 0 saturated carbocycles. The summed E-state index contributed by atoms with van der Waals surface area (Å²) in [5.41, 5.74) is 1.16.